The number of aromatic nitrogens is 2. The van der Waals surface area contributed by atoms with E-state index in [0.29, 0.717) is 19.6 Å². The van der Waals surface area contributed by atoms with Gasteiger partial charge in [-0.3, -0.25) is 9.58 Å². The molecule has 0 aliphatic carbocycles. The average molecular weight is 246 g/mol. The van der Waals surface area contributed by atoms with Gasteiger partial charge in [-0.25, -0.2) is 8.78 Å². The van der Waals surface area contributed by atoms with Gasteiger partial charge >= 0.3 is 0 Å². The third-order valence-electron chi connectivity index (χ3n) is 2.42. The summed E-state index contributed by atoms with van der Waals surface area (Å²) in [7, 11) is 0. The van der Waals surface area contributed by atoms with Crippen LogP contribution in [0.2, 0.25) is 0 Å². The van der Waals surface area contributed by atoms with Crippen LogP contribution in [-0.4, -0.2) is 40.7 Å². The average Bonchev–Trinajstić information content (AvgIpc) is 2.65. The van der Waals surface area contributed by atoms with Crippen molar-refractivity contribution in [3.05, 3.63) is 18.0 Å². The van der Waals surface area contributed by atoms with Gasteiger partial charge in [0, 0.05) is 31.9 Å². The Balaban J connectivity index is 2.58. The molecular weight excluding hydrogens is 226 g/mol. The first-order valence-electron chi connectivity index (χ1n) is 5.77. The number of rotatable bonds is 7. The Morgan fingerprint density at radius 1 is 1.47 bits per heavy atom. The van der Waals surface area contributed by atoms with E-state index in [1.807, 2.05) is 30.8 Å². The maximum Gasteiger partial charge on any atom is 0.251 e. The van der Waals surface area contributed by atoms with Gasteiger partial charge in [-0.2, -0.15) is 5.10 Å². The summed E-state index contributed by atoms with van der Waals surface area (Å²) in [6, 6.07) is 2.14. The second-order valence-electron chi connectivity index (χ2n) is 4.30. The molecule has 0 saturated heterocycles. The molecule has 1 rings (SSSR count). The predicted molar refractivity (Wildman–Crippen MR) is 62.9 cm³/mol. The molecule has 0 aliphatic heterocycles. The first kappa shape index (κ1) is 14.1. The highest BCUT2D eigenvalue weighted by Gasteiger charge is 2.13. The zero-order valence-corrected chi connectivity index (χ0v) is 10.3. The molecule has 0 fully saturated rings. The van der Waals surface area contributed by atoms with Gasteiger partial charge in [0.2, 0.25) is 0 Å². The number of hydrogen-bond donors (Lipinski definition) is 1. The third-order valence-corrected chi connectivity index (χ3v) is 2.42. The second kappa shape index (κ2) is 6.66. The Bertz CT molecular complexity index is 325. The van der Waals surface area contributed by atoms with Crippen molar-refractivity contribution in [3.8, 4) is 0 Å². The van der Waals surface area contributed by atoms with Gasteiger partial charge in [-0.1, -0.05) is 0 Å². The SMILES string of the molecule is CC(C)n1ccc(CN(CCN)CC(F)F)n1. The maximum absolute atomic E-state index is 12.3. The highest BCUT2D eigenvalue weighted by atomic mass is 19.3. The van der Waals surface area contributed by atoms with Crippen molar-refractivity contribution in [2.24, 2.45) is 5.73 Å². The molecule has 1 aromatic rings. The van der Waals surface area contributed by atoms with Crippen LogP contribution in [0.1, 0.15) is 25.6 Å². The van der Waals surface area contributed by atoms with E-state index in [1.54, 1.807) is 4.90 Å². The quantitative estimate of drug-likeness (QED) is 0.793. The summed E-state index contributed by atoms with van der Waals surface area (Å²) in [5.41, 5.74) is 6.20. The lowest BCUT2D eigenvalue weighted by molar-refractivity contribution is 0.0855. The molecule has 2 N–H and O–H groups in total. The summed E-state index contributed by atoms with van der Waals surface area (Å²) in [6.45, 7) is 5.03. The topological polar surface area (TPSA) is 47.1 Å². The van der Waals surface area contributed by atoms with Gasteiger partial charge in [0.15, 0.2) is 0 Å². The highest BCUT2D eigenvalue weighted by molar-refractivity contribution is 4.99. The number of hydrogen-bond acceptors (Lipinski definition) is 3. The number of halogens is 2. The van der Waals surface area contributed by atoms with Gasteiger partial charge in [0.05, 0.1) is 12.2 Å². The molecule has 6 heteroatoms. The lowest BCUT2D eigenvalue weighted by Gasteiger charge is -2.19. The van der Waals surface area contributed by atoms with E-state index in [0.717, 1.165) is 5.69 Å². The molecule has 0 saturated carbocycles. The van der Waals surface area contributed by atoms with Crippen LogP contribution in [0.25, 0.3) is 0 Å². The third kappa shape index (κ3) is 4.79. The summed E-state index contributed by atoms with van der Waals surface area (Å²) in [4.78, 5) is 1.62. The second-order valence-corrected chi connectivity index (χ2v) is 4.30. The van der Waals surface area contributed by atoms with Crippen LogP contribution in [-0.2, 0) is 6.54 Å². The minimum absolute atomic E-state index is 0.258. The van der Waals surface area contributed by atoms with E-state index >= 15 is 0 Å². The van der Waals surface area contributed by atoms with Crippen molar-refractivity contribution in [1.29, 1.82) is 0 Å². The zero-order valence-electron chi connectivity index (χ0n) is 10.3. The molecule has 1 aromatic heterocycles. The fourth-order valence-electron chi connectivity index (χ4n) is 1.59. The van der Waals surface area contributed by atoms with Crippen LogP contribution in [0.5, 0.6) is 0 Å². The summed E-state index contributed by atoms with van der Waals surface area (Å²) >= 11 is 0. The van der Waals surface area contributed by atoms with E-state index < -0.39 is 6.43 Å². The zero-order chi connectivity index (χ0) is 12.8. The largest absolute Gasteiger partial charge is 0.329 e. The minimum Gasteiger partial charge on any atom is -0.329 e. The van der Waals surface area contributed by atoms with E-state index in [2.05, 4.69) is 5.10 Å². The standard InChI is InChI=1S/C11H20F2N4/c1-9(2)17-5-3-10(15-17)7-16(6-4-14)8-11(12)13/h3,5,9,11H,4,6-8,14H2,1-2H3. The van der Waals surface area contributed by atoms with E-state index in [9.17, 15) is 8.78 Å². The fourth-order valence-corrected chi connectivity index (χ4v) is 1.59. The summed E-state index contributed by atoms with van der Waals surface area (Å²) in [6.07, 6.45) is -0.475. The van der Waals surface area contributed by atoms with E-state index in [-0.39, 0.29) is 12.6 Å². The van der Waals surface area contributed by atoms with Gasteiger partial charge in [0.1, 0.15) is 0 Å². The molecule has 0 bridgehead atoms. The normalized spacial score (nSPS) is 12.0. The minimum atomic E-state index is -2.34. The lowest BCUT2D eigenvalue weighted by atomic mass is 10.3. The van der Waals surface area contributed by atoms with Crippen LogP contribution in [0.4, 0.5) is 8.78 Å². The summed E-state index contributed by atoms with van der Waals surface area (Å²) in [5, 5.41) is 4.33. The molecule has 0 aromatic carbocycles. The van der Waals surface area contributed by atoms with Gasteiger partial charge < -0.3 is 5.73 Å². The summed E-state index contributed by atoms with van der Waals surface area (Å²) in [5.74, 6) is 0. The fraction of sp³-hybridized carbons (Fsp3) is 0.727. The summed E-state index contributed by atoms with van der Waals surface area (Å²) < 4.78 is 26.5. The Morgan fingerprint density at radius 3 is 2.65 bits per heavy atom. The lowest BCUT2D eigenvalue weighted by Crippen LogP contribution is -2.33. The monoisotopic (exact) mass is 246 g/mol. The molecule has 0 amide bonds. The molecule has 1 heterocycles. The van der Waals surface area contributed by atoms with Gasteiger partial charge in [0.25, 0.3) is 6.43 Å². The first-order chi connectivity index (χ1) is 8.02. The van der Waals surface area contributed by atoms with Crippen molar-refractivity contribution >= 4 is 0 Å². The highest BCUT2D eigenvalue weighted by Crippen LogP contribution is 2.08. The Morgan fingerprint density at radius 2 is 2.18 bits per heavy atom. The molecule has 0 radical (unpaired) electrons. The molecule has 98 valence electrons. The van der Waals surface area contributed by atoms with Crippen LogP contribution >= 0.6 is 0 Å². The maximum atomic E-state index is 12.3. The van der Waals surface area contributed by atoms with Crippen molar-refractivity contribution in [2.45, 2.75) is 32.9 Å². The van der Waals surface area contributed by atoms with Gasteiger partial charge in [-0.15, -0.1) is 0 Å². The smallest absolute Gasteiger partial charge is 0.251 e. The predicted octanol–water partition coefficient (Wildman–Crippen LogP) is 1.49. The molecule has 0 spiro atoms. The molecule has 4 nitrogen and oxygen atoms in total. The van der Waals surface area contributed by atoms with Crippen LogP contribution in [0.3, 0.4) is 0 Å². The van der Waals surface area contributed by atoms with Crippen molar-refractivity contribution in [3.63, 3.8) is 0 Å². The molecule has 0 aliphatic rings. The van der Waals surface area contributed by atoms with Gasteiger partial charge in [-0.05, 0) is 19.9 Å². The number of alkyl halides is 2. The number of nitrogens with zero attached hydrogens (tertiary/aromatic N) is 3. The Labute approximate surface area is 100 Å². The molecule has 17 heavy (non-hydrogen) atoms. The van der Waals surface area contributed by atoms with Crippen molar-refractivity contribution in [2.75, 3.05) is 19.6 Å². The van der Waals surface area contributed by atoms with E-state index in [4.69, 9.17) is 5.73 Å². The Hall–Kier alpha value is -1.01. The van der Waals surface area contributed by atoms with Crippen LogP contribution < -0.4 is 5.73 Å². The first-order valence-corrected chi connectivity index (χ1v) is 5.77. The van der Waals surface area contributed by atoms with Crippen LogP contribution in [0, 0.1) is 0 Å². The van der Waals surface area contributed by atoms with Crippen molar-refractivity contribution < 1.29 is 8.78 Å². The van der Waals surface area contributed by atoms with E-state index in [1.165, 1.54) is 0 Å². The molecule has 0 atom stereocenters. The number of nitrogens with two attached hydrogens (primary N) is 1. The molecular formula is C11H20F2N4. The molecule has 0 unspecified atom stereocenters. The Kier molecular flexibility index (Phi) is 5.50. The van der Waals surface area contributed by atoms with Crippen LogP contribution in [0.15, 0.2) is 12.3 Å². The van der Waals surface area contributed by atoms with Crippen molar-refractivity contribution in [1.82, 2.24) is 14.7 Å².